The van der Waals surface area contributed by atoms with Crippen LogP contribution in [-0.2, 0) is 11.2 Å². The zero-order valence-electron chi connectivity index (χ0n) is 11.1. The van der Waals surface area contributed by atoms with Crippen LogP contribution in [0.5, 0.6) is 0 Å². The molecule has 0 radical (unpaired) electrons. The monoisotopic (exact) mass is 278 g/mol. The second-order valence-corrected chi connectivity index (χ2v) is 4.58. The van der Waals surface area contributed by atoms with E-state index in [1.54, 1.807) is 19.1 Å². The van der Waals surface area contributed by atoms with Crippen molar-refractivity contribution < 1.29 is 18.8 Å². The second kappa shape index (κ2) is 6.27. The minimum absolute atomic E-state index is 0.137. The molecule has 5 nitrogen and oxygen atoms in total. The molecule has 0 aliphatic heterocycles. The first-order valence-electron chi connectivity index (χ1n) is 6.37. The van der Waals surface area contributed by atoms with Gasteiger partial charge in [0.05, 0.1) is 0 Å². The summed E-state index contributed by atoms with van der Waals surface area (Å²) in [7, 11) is 0. The van der Waals surface area contributed by atoms with E-state index >= 15 is 0 Å². The Morgan fingerprint density at radius 3 is 2.90 bits per heavy atom. The molecule has 1 N–H and O–H groups in total. The Morgan fingerprint density at radius 2 is 2.20 bits per heavy atom. The molecule has 106 valence electrons. The topological polar surface area (TPSA) is 76.2 Å². The number of benzene rings is 1. The molecule has 0 spiro atoms. The molecule has 0 bridgehead atoms. The minimum Gasteiger partial charge on any atom is -0.481 e. The summed E-state index contributed by atoms with van der Waals surface area (Å²) in [6.45, 7) is 1.67. The minimum atomic E-state index is -0.807. The number of hydrogen-bond donors (Lipinski definition) is 1. The summed E-state index contributed by atoms with van der Waals surface area (Å²) in [5, 5.41) is 12.4. The maximum Gasteiger partial charge on any atom is 0.303 e. The molecule has 6 heteroatoms. The smallest absolute Gasteiger partial charge is 0.303 e. The number of unbranched alkanes of at least 4 members (excludes halogenated alkanes) is 1. The number of hydrogen-bond acceptors (Lipinski definition) is 4. The Bertz CT molecular complexity index is 610. The van der Waals surface area contributed by atoms with Crippen molar-refractivity contribution in [2.24, 2.45) is 0 Å². The lowest BCUT2D eigenvalue weighted by molar-refractivity contribution is -0.137. The molecule has 2 aromatic rings. The predicted octanol–water partition coefficient (Wildman–Crippen LogP) is 2.98. The van der Waals surface area contributed by atoms with E-state index in [0.717, 1.165) is 0 Å². The normalized spacial score (nSPS) is 10.7. The first-order chi connectivity index (χ1) is 9.56. The van der Waals surface area contributed by atoms with Gasteiger partial charge < -0.3 is 9.63 Å². The highest BCUT2D eigenvalue weighted by Crippen LogP contribution is 2.19. The Labute approximate surface area is 115 Å². The Hall–Kier alpha value is -2.24. The summed E-state index contributed by atoms with van der Waals surface area (Å²) in [4.78, 5) is 14.6. The van der Waals surface area contributed by atoms with Gasteiger partial charge in [-0.15, -0.1) is 0 Å². The SMILES string of the molecule is Cc1cc(-c2noc(CCCCC(=O)O)n2)ccc1F. The molecule has 0 saturated carbocycles. The van der Waals surface area contributed by atoms with E-state index in [-0.39, 0.29) is 12.2 Å². The van der Waals surface area contributed by atoms with E-state index in [9.17, 15) is 9.18 Å². The first kappa shape index (κ1) is 14.2. The zero-order chi connectivity index (χ0) is 14.5. The number of carboxylic acids is 1. The summed E-state index contributed by atoms with van der Waals surface area (Å²) < 4.78 is 18.3. The van der Waals surface area contributed by atoms with Crippen LogP contribution in [-0.4, -0.2) is 21.2 Å². The van der Waals surface area contributed by atoms with E-state index in [4.69, 9.17) is 9.63 Å². The van der Waals surface area contributed by atoms with Gasteiger partial charge in [-0.3, -0.25) is 4.79 Å². The van der Waals surface area contributed by atoms with Crippen molar-refractivity contribution in [2.45, 2.75) is 32.6 Å². The average Bonchev–Trinajstić information content (AvgIpc) is 2.86. The van der Waals surface area contributed by atoms with Crippen molar-refractivity contribution in [3.8, 4) is 11.4 Å². The van der Waals surface area contributed by atoms with Gasteiger partial charge >= 0.3 is 5.97 Å². The van der Waals surface area contributed by atoms with Crippen molar-refractivity contribution in [2.75, 3.05) is 0 Å². The highest BCUT2D eigenvalue weighted by Gasteiger charge is 2.10. The summed E-state index contributed by atoms with van der Waals surface area (Å²) in [6.07, 6.45) is 1.93. The van der Waals surface area contributed by atoms with E-state index in [1.165, 1.54) is 6.07 Å². The van der Waals surface area contributed by atoms with Gasteiger partial charge in [-0.05, 0) is 43.5 Å². The molecule has 1 aromatic heterocycles. The van der Waals surface area contributed by atoms with Gasteiger partial charge in [0, 0.05) is 18.4 Å². The molecule has 0 unspecified atom stereocenters. The van der Waals surface area contributed by atoms with Gasteiger partial charge in [0.1, 0.15) is 5.82 Å². The molecule has 0 amide bonds. The van der Waals surface area contributed by atoms with E-state index in [2.05, 4.69) is 10.1 Å². The van der Waals surface area contributed by atoms with Gasteiger partial charge in [0.2, 0.25) is 11.7 Å². The molecule has 0 aliphatic carbocycles. The summed E-state index contributed by atoms with van der Waals surface area (Å²) in [5.74, 6) is -0.196. The van der Waals surface area contributed by atoms with Crippen LogP contribution < -0.4 is 0 Å². The van der Waals surface area contributed by atoms with Crippen molar-refractivity contribution in [1.82, 2.24) is 10.1 Å². The lowest BCUT2D eigenvalue weighted by Crippen LogP contribution is -1.95. The molecule has 1 aromatic carbocycles. The summed E-state index contributed by atoms with van der Waals surface area (Å²) >= 11 is 0. The van der Waals surface area contributed by atoms with Crippen LogP contribution in [0.4, 0.5) is 4.39 Å². The van der Waals surface area contributed by atoms with Crippen molar-refractivity contribution in [1.29, 1.82) is 0 Å². The van der Waals surface area contributed by atoms with E-state index in [0.29, 0.717) is 42.1 Å². The fraction of sp³-hybridized carbons (Fsp3) is 0.357. The fourth-order valence-corrected chi connectivity index (χ4v) is 1.81. The van der Waals surface area contributed by atoms with Crippen LogP contribution >= 0.6 is 0 Å². The van der Waals surface area contributed by atoms with Crippen LogP contribution in [0.2, 0.25) is 0 Å². The van der Waals surface area contributed by atoms with Crippen LogP contribution in [0.1, 0.15) is 30.7 Å². The zero-order valence-corrected chi connectivity index (χ0v) is 11.1. The quantitative estimate of drug-likeness (QED) is 0.822. The van der Waals surface area contributed by atoms with Crippen molar-refractivity contribution in [3.63, 3.8) is 0 Å². The molecular formula is C14H15FN2O3. The van der Waals surface area contributed by atoms with E-state index < -0.39 is 5.97 Å². The molecular weight excluding hydrogens is 263 g/mol. The van der Waals surface area contributed by atoms with Crippen LogP contribution in [0.3, 0.4) is 0 Å². The maximum atomic E-state index is 13.2. The maximum absolute atomic E-state index is 13.2. The summed E-state index contributed by atoms with van der Waals surface area (Å²) in [6, 6.07) is 4.63. The molecule has 0 atom stereocenters. The number of nitrogens with zero attached hydrogens (tertiary/aromatic N) is 2. The molecule has 2 rings (SSSR count). The Kier molecular flexibility index (Phi) is 4.45. The van der Waals surface area contributed by atoms with E-state index in [1.807, 2.05) is 0 Å². The Morgan fingerprint density at radius 1 is 1.40 bits per heavy atom. The van der Waals surface area contributed by atoms with Crippen molar-refractivity contribution >= 4 is 5.97 Å². The predicted molar refractivity (Wildman–Crippen MR) is 69.6 cm³/mol. The second-order valence-electron chi connectivity index (χ2n) is 4.58. The molecule has 0 saturated heterocycles. The number of aryl methyl sites for hydroxylation is 2. The molecule has 0 fully saturated rings. The lowest BCUT2D eigenvalue weighted by Gasteiger charge is -1.98. The molecule has 0 aliphatic rings. The fourth-order valence-electron chi connectivity index (χ4n) is 1.81. The number of carboxylic acid groups (broad SMARTS) is 1. The van der Waals surface area contributed by atoms with Crippen molar-refractivity contribution in [3.05, 3.63) is 35.5 Å². The van der Waals surface area contributed by atoms with Gasteiger partial charge in [0.15, 0.2) is 0 Å². The van der Waals surface area contributed by atoms with Gasteiger partial charge in [-0.25, -0.2) is 4.39 Å². The third-order valence-corrected chi connectivity index (χ3v) is 2.92. The first-order valence-corrected chi connectivity index (χ1v) is 6.37. The number of rotatable bonds is 6. The number of halogens is 1. The third-order valence-electron chi connectivity index (χ3n) is 2.92. The molecule has 20 heavy (non-hydrogen) atoms. The largest absolute Gasteiger partial charge is 0.481 e. The number of carbonyl (C=O) groups is 1. The highest BCUT2D eigenvalue weighted by atomic mass is 19.1. The molecule has 1 heterocycles. The van der Waals surface area contributed by atoms with Gasteiger partial charge in [0.25, 0.3) is 0 Å². The third kappa shape index (κ3) is 3.63. The highest BCUT2D eigenvalue weighted by molar-refractivity contribution is 5.66. The van der Waals surface area contributed by atoms with Crippen LogP contribution in [0.25, 0.3) is 11.4 Å². The number of aliphatic carboxylic acids is 1. The average molecular weight is 278 g/mol. The van der Waals surface area contributed by atoms with Gasteiger partial charge in [-0.1, -0.05) is 5.16 Å². The van der Waals surface area contributed by atoms with Gasteiger partial charge in [-0.2, -0.15) is 4.98 Å². The Balaban J connectivity index is 1.97. The summed E-state index contributed by atoms with van der Waals surface area (Å²) in [5.41, 5.74) is 1.22. The lowest BCUT2D eigenvalue weighted by atomic mass is 10.1. The van der Waals surface area contributed by atoms with Crippen LogP contribution in [0, 0.1) is 12.7 Å². The van der Waals surface area contributed by atoms with Crippen LogP contribution in [0.15, 0.2) is 22.7 Å². The standard InChI is InChI=1S/C14H15FN2O3/c1-9-8-10(6-7-11(9)15)14-16-12(20-17-14)4-2-3-5-13(18)19/h6-8H,2-5H2,1H3,(H,18,19). The number of aromatic nitrogens is 2.